The lowest BCUT2D eigenvalue weighted by Crippen LogP contribution is -2.39. The second kappa shape index (κ2) is 5.85. The molecular weight excluding hydrogens is 286 g/mol. The van der Waals surface area contributed by atoms with Gasteiger partial charge in [0.25, 0.3) is 0 Å². The standard InChI is InChI=1S/C12H15NO4S2/c14-12(15)4-3-10-1-2-11(18-10)9-13-5-7-19(16,17)8-6-13/h1-4H,5-9H2,(H,14,15). The molecule has 1 N–H and O–H groups in total. The van der Waals surface area contributed by atoms with E-state index in [1.165, 1.54) is 11.3 Å². The van der Waals surface area contributed by atoms with Crippen LogP contribution in [0.1, 0.15) is 9.75 Å². The average Bonchev–Trinajstić information content (AvgIpc) is 2.77. The first kappa shape index (κ1) is 14.2. The van der Waals surface area contributed by atoms with Crippen molar-refractivity contribution >= 4 is 33.2 Å². The number of sulfone groups is 1. The van der Waals surface area contributed by atoms with Gasteiger partial charge in [0.05, 0.1) is 11.5 Å². The van der Waals surface area contributed by atoms with E-state index in [0.717, 1.165) is 22.4 Å². The maximum Gasteiger partial charge on any atom is 0.328 e. The van der Waals surface area contributed by atoms with Crippen molar-refractivity contribution in [1.29, 1.82) is 0 Å². The third-order valence-corrected chi connectivity index (χ3v) is 5.53. The van der Waals surface area contributed by atoms with Crippen molar-refractivity contribution in [3.05, 3.63) is 28.0 Å². The Morgan fingerprint density at radius 1 is 1.37 bits per heavy atom. The number of hydrogen-bond acceptors (Lipinski definition) is 5. The van der Waals surface area contributed by atoms with Crippen molar-refractivity contribution in [2.24, 2.45) is 0 Å². The van der Waals surface area contributed by atoms with E-state index in [0.29, 0.717) is 13.1 Å². The zero-order valence-corrected chi connectivity index (χ0v) is 11.9. The average molecular weight is 301 g/mol. The van der Waals surface area contributed by atoms with E-state index >= 15 is 0 Å². The monoisotopic (exact) mass is 301 g/mol. The molecule has 0 aromatic carbocycles. The number of hydrogen-bond donors (Lipinski definition) is 1. The highest BCUT2D eigenvalue weighted by molar-refractivity contribution is 7.91. The largest absolute Gasteiger partial charge is 0.478 e. The zero-order chi connectivity index (χ0) is 13.9. The van der Waals surface area contributed by atoms with Gasteiger partial charge in [-0.1, -0.05) is 0 Å². The predicted octanol–water partition coefficient (Wildman–Crippen LogP) is 1.08. The molecule has 0 spiro atoms. The summed E-state index contributed by atoms with van der Waals surface area (Å²) in [5, 5.41) is 8.54. The van der Waals surface area contributed by atoms with Gasteiger partial charge in [-0.15, -0.1) is 11.3 Å². The summed E-state index contributed by atoms with van der Waals surface area (Å²) in [6.45, 7) is 1.86. The van der Waals surface area contributed by atoms with Crippen LogP contribution < -0.4 is 0 Å². The first-order valence-electron chi connectivity index (χ1n) is 5.87. The number of thiophene rings is 1. The number of rotatable bonds is 4. The minimum atomic E-state index is -2.84. The summed E-state index contributed by atoms with van der Waals surface area (Å²) in [5.41, 5.74) is 0. The van der Waals surface area contributed by atoms with Crippen molar-refractivity contribution in [1.82, 2.24) is 4.90 Å². The molecule has 2 rings (SSSR count). The Bertz CT molecular complexity index is 575. The van der Waals surface area contributed by atoms with Gasteiger partial charge in [0, 0.05) is 35.5 Å². The van der Waals surface area contributed by atoms with Crippen LogP contribution in [0.25, 0.3) is 6.08 Å². The second-order valence-corrected chi connectivity index (χ2v) is 7.91. The van der Waals surface area contributed by atoms with E-state index in [-0.39, 0.29) is 11.5 Å². The Morgan fingerprint density at radius 3 is 2.68 bits per heavy atom. The predicted molar refractivity (Wildman–Crippen MR) is 74.9 cm³/mol. The number of aliphatic carboxylic acids is 1. The molecule has 1 aliphatic heterocycles. The molecule has 1 fully saturated rings. The van der Waals surface area contributed by atoms with Crippen molar-refractivity contribution < 1.29 is 18.3 Å². The summed E-state index contributed by atoms with van der Waals surface area (Å²) in [4.78, 5) is 14.5. The minimum Gasteiger partial charge on any atom is -0.478 e. The maximum atomic E-state index is 11.3. The summed E-state index contributed by atoms with van der Waals surface area (Å²) in [5.74, 6) is -0.509. The van der Waals surface area contributed by atoms with Crippen molar-refractivity contribution in [2.75, 3.05) is 24.6 Å². The van der Waals surface area contributed by atoms with E-state index in [9.17, 15) is 13.2 Å². The van der Waals surface area contributed by atoms with Gasteiger partial charge in [-0.3, -0.25) is 4.90 Å². The van der Waals surface area contributed by atoms with Crippen LogP contribution in [0.5, 0.6) is 0 Å². The molecule has 5 nitrogen and oxygen atoms in total. The van der Waals surface area contributed by atoms with Crippen LogP contribution in [0.2, 0.25) is 0 Å². The second-order valence-electron chi connectivity index (χ2n) is 4.40. The molecule has 0 unspecified atom stereocenters. The van der Waals surface area contributed by atoms with Crippen LogP contribution in [0.3, 0.4) is 0 Å². The van der Waals surface area contributed by atoms with Crippen molar-refractivity contribution in [3.63, 3.8) is 0 Å². The molecule has 0 atom stereocenters. The smallest absolute Gasteiger partial charge is 0.328 e. The Balaban J connectivity index is 1.92. The summed E-state index contributed by atoms with van der Waals surface area (Å²) >= 11 is 1.53. The molecular formula is C12H15NO4S2. The van der Waals surface area contributed by atoms with E-state index in [1.54, 1.807) is 6.08 Å². The Morgan fingerprint density at radius 2 is 2.05 bits per heavy atom. The highest BCUT2D eigenvalue weighted by atomic mass is 32.2. The quantitative estimate of drug-likeness (QED) is 0.842. The highest BCUT2D eigenvalue weighted by Crippen LogP contribution is 2.20. The molecule has 0 radical (unpaired) electrons. The van der Waals surface area contributed by atoms with E-state index in [1.807, 2.05) is 12.1 Å². The van der Waals surface area contributed by atoms with Gasteiger partial charge in [0.15, 0.2) is 9.84 Å². The van der Waals surface area contributed by atoms with Crippen LogP contribution in [0.4, 0.5) is 0 Å². The van der Waals surface area contributed by atoms with Crippen molar-refractivity contribution in [2.45, 2.75) is 6.54 Å². The number of carboxylic acid groups (broad SMARTS) is 1. The van der Waals surface area contributed by atoms with Gasteiger partial charge < -0.3 is 5.11 Å². The van der Waals surface area contributed by atoms with Gasteiger partial charge in [0.2, 0.25) is 0 Å². The summed E-state index contributed by atoms with van der Waals surface area (Å²) in [7, 11) is -2.84. The maximum absolute atomic E-state index is 11.3. The summed E-state index contributed by atoms with van der Waals surface area (Å²) < 4.78 is 22.6. The first-order chi connectivity index (χ1) is 8.94. The number of carbonyl (C=O) groups is 1. The van der Waals surface area contributed by atoms with Gasteiger partial charge >= 0.3 is 5.97 Å². The third kappa shape index (κ3) is 4.45. The lowest BCUT2D eigenvalue weighted by molar-refractivity contribution is -0.131. The lowest BCUT2D eigenvalue weighted by Gasteiger charge is -2.25. The van der Waals surface area contributed by atoms with Gasteiger partial charge in [0.1, 0.15) is 0 Å². The molecule has 1 aliphatic rings. The van der Waals surface area contributed by atoms with Crippen LogP contribution in [0.15, 0.2) is 18.2 Å². The van der Waals surface area contributed by atoms with Gasteiger partial charge in [-0.2, -0.15) is 0 Å². The fourth-order valence-corrected chi connectivity index (χ4v) is 4.09. The molecule has 0 bridgehead atoms. The molecule has 0 amide bonds. The zero-order valence-electron chi connectivity index (χ0n) is 10.3. The number of carboxylic acids is 1. The molecule has 2 heterocycles. The van der Waals surface area contributed by atoms with Gasteiger partial charge in [-0.25, -0.2) is 13.2 Å². The molecule has 7 heteroatoms. The fraction of sp³-hybridized carbons (Fsp3) is 0.417. The van der Waals surface area contributed by atoms with Gasteiger partial charge in [-0.05, 0) is 18.2 Å². The molecule has 1 saturated heterocycles. The SMILES string of the molecule is O=C(O)C=Cc1ccc(CN2CCS(=O)(=O)CC2)s1. The van der Waals surface area contributed by atoms with Crippen molar-refractivity contribution in [3.8, 4) is 0 Å². The van der Waals surface area contributed by atoms with E-state index in [2.05, 4.69) is 4.90 Å². The van der Waals surface area contributed by atoms with Crippen LogP contribution in [0, 0.1) is 0 Å². The van der Waals surface area contributed by atoms with E-state index in [4.69, 9.17) is 5.11 Å². The molecule has 0 aliphatic carbocycles. The van der Waals surface area contributed by atoms with E-state index < -0.39 is 15.8 Å². The molecule has 104 valence electrons. The van der Waals surface area contributed by atoms with Crippen LogP contribution in [-0.2, 0) is 21.2 Å². The van der Waals surface area contributed by atoms with Crippen LogP contribution in [-0.4, -0.2) is 49.0 Å². The first-order valence-corrected chi connectivity index (χ1v) is 8.51. The molecule has 0 saturated carbocycles. The highest BCUT2D eigenvalue weighted by Gasteiger charge is 2.21. The minimum absolute atomic E-state index is 0.226. The number of nitrogens with zero attached hydrogens (tertiary/aromatic N) is 1. The Labute approximate surface area is 116 Å². The Hall–Kier alpha value is -1.18. The topological polar surface area (TPSA) is 74.7 Å². The fourth-order valence-electron chi connectivity index (χ4n) is 1.85. The van der Waals surface area contributed by atoms with Crippen LogP contribution >= 0.6 is 11.3 Å². The third-order valence-electron chi connectivity index (χ3n) is 2.89. The molecule has 1 aromatic heterocycles. The normalized spacial score (nSPS) is 19.8. The summed E-state index contributed by atoms with van der Waals surface area (Å²) in [6.07, 6.45) is 2.68. The summed E-state index contributed by atoms with van der Waals surface area (Å²) in [6, 6.07) is 3.83. The lowest BCUT2D eigenvalue weighted by atomic mass is 10.3. The Kier molecular flexibility index (Phi) is 4.38. The molecule has 1 aromatic rings. The molecule has 19 heavy (non-hydrogen) atoms.